The van der Waals surface area contributed by atoms with Crippen LogP contribution in [0.15, 0.2) is 29.3 Å². The fraction of sp³-hybridized carbons (Fsp3) is 0.417. The van der Waals surface area contributed by atoms with E-state index in [0.29, 0.717) is 17.4 Å². The molecule has 1 aromatic rings. The van der Waals surface area contributed by atoms with Crippen LogP contribution >= 0.6 is 0 Å². The second-order valence-corrected chi connectivity index (χ2v) is 4.07. The van der Waals surface area contributed by atoms with Gasteiger partial charge in [0.1, 0.15) is 11.7 Å². The van der Waals surface area contributed by atoms with Gasteiger partial charge in [-0.1, -0.05) is 25.0 Å². The smallest absolute Gasteiger partial charge is 0.142 e. The van der Waals surface area contributed by atoms with Crippen LogP contribution in [-0.4, -0.2) is 11.9 Å². The van der Waals surface area contributed by atoms with Crippen molar-refractivity contribution in [3.05, 3.63) is 35.6 Å². The zero-order chi connectivity index (χ0) is 11.4. The number of hydrazine groups is 1. The molecule has 86 valence electrons. The molecule has 0 unspecified atom stereocenters. The van der Waals surface area contributed by atoms with E-state index >= 15 is 0 Å². The molecular formula is C12H16FN3. The summed E-state index contributed by atoms with van der Waals surface area (Å²) in [4.78, 5) is 4.52. The van der Waals surface area contributed by atoms with Crippen molar-refractivity contribution in [1.29, 1.82) is 0 Å². The van der Waals surface area contributed by atoms with E-state index in [0.717, 1.165) is 12.8 Å². The zero-order valence-corrected chi connectivity index (χ0v) is 9.12. The van der Waals surface area contributed by atoms with Crippen LogP contribution in [-0.2, 0) is 0 Å². The van der Waals surface area contributed by atoms with Crippen molar-refractivity contribution in [2.24, 2.45) is 10.8 Å². The second-order valence-electron chi connectivity index (χ2n) is 4.07. The monoisotopic (exact) mass is 221 g/mol. The molecule has 0 heterocycles. The highest BCUT2D eigenvalue weighted by molar-refractivity contribution is 5.98. The maximum Gasteiger partial charge on any atom is 0.142 e. The average Bonchev–Trinajstić information content (AvgIpc) is 2.78. The average molecular weight is 221 g/mol. The number of aliphatic imine (C=N–C) groups is 1. The Morgan fingerprint density at radius 1 is 1.38 bits per heavy atom. The summed E-state index contributed by atoms with van der Waals surface area (Å²) in [6, 6.07) is 6.64. The molecule has 0 radical (unpaired) electrons. The van der Waals surface area contributed by atoms with Gasteiger partial charge in [0, 0.05) is 5.56 Å². The van der Waals surface area contributed by atoms with Crippen molar-refractivity contribution in [2.75, 3.05) is 0 Å². The Morgan fingerprint density at radius 3 is 2.75 bits per heavy atom. The van der Waals surface area contributed by atoms with E-state index in [1.807, 2.05) is 0 Å². The summed E-state index contributed by atoms with van der Waals surface area (Å²) < 4.78 is 13.1. The number of nitrogens with zero attached hydrogens (tertiary/aromatic N) is 1. The first-order valence-corrected chi connectivity index (χ1v) is 5.60. The van der Waals surface area contributed by atoms with Gasteiger partial charge in [0.05, 0.1) is 6.04 Å². The van der Waals surface area contributed by atoms with Crippen molar-refractivity contribution in [3.8, 4) is 0 Å². The van der Waals surface area contributed by atoms with Crippen LogP contribution in [0.5, 0.6) is 0 Å². The molecule has 3 N–H and O–H groups in total. The highest BCUT2D eigenvalue weighted by Gasteiger charge is 2.15. The van der Waals surface area contributed by atoms with Crippen molar-refractivity contribution in [2.45, 2.75) is 31.7 Å². The highest BCUT2D eigenvalue weighted by Crippen LogP contribution is 2.21. The van der Waals surface area contributed by atoms with Crippen LogP contribution in [0.2, 0.25) is 0 Å². The van der Waals surface area contributed by atoms with E-state index in [-0.39, 0.29) is 5.82 Å². The Hall–Kier alpha value is -1.42. The Labute approximate surface area is 94.5 Å². The van der Waals surface area contributed by atoms with Gasteiger partial charge >= 0.3 is 0 Å². The standard InChI is InChI=1S/C12H16FN3/c13-10-5-3-4-9(8-10)12(16-14)15-11-6-1-2-7-11/h3-5,8,11H,1-2,6-7,14H2,(H,15,16). The molecular weight excluding hydrogens is 205 g/mol. The third kappa shape index (κ3) is 2.58. The number of benzene rings is 1. The van der Waals surface area contributed by atoms with Gasteiger partial charge in [-0.15, -0.1) is 0 Å². The Balaban J connectivity index is 2.21. The normalized spacial score (nSPS) is 17.8. The molecule has 1 aromatic carbocycles. The minimum Gasteiger partial charge on any atom is -0.308 e. The predicted molar refractivity (Wildman–Crippen MR) is 62.5 cm³/mol. The minimum atomic E-state index is -0.271. The lowest BCUT2D eigenvalue weighted by atomic mass is 10.2. The van der Waals surface area contributed by atoms with E-state index in [1.54, 1.807) is 12.1 Å². The summed E-state index contributed by atoms with van der Waals surface area (Å²) in [7, 11) is 0. The van der Waals surface area contributed by atoms with Crippen LogP contribution in [0.4, 0.5) is 4.39 Å². The van der Waals surface area contributed by atoms with Crippen molar-refractivity contribution in [1.82, 2.24) is 5.43 Å². The van der Waals surface area contributed by atoms with Crippen molar-refractivity contribution < 1.29 is 4.39 Å². The first-order chi connectivity index (χ1) is 7.79. The van der Waals surface area contributed by atoms with E-state index in [4.69, 9.17) is 5.84 Å². The molecule has 4 heteroatoms. The van der Waals surface area contributed by atoms with Gasteiger partial charge in [0.2, 0.25) is 0 Å². The van der Waals surface area contributed by atoms with Gasteiger partial charge in [-0.2, -0.15) is 0 Å². The van der Waals surface area contributed by atoms with Gasteiger partial charge in [0.15, 0.2) is 0 Å². The summed E-state index contributed by atoms with van der Waals surface area (Å²) in [6.45, 7) is 0. The third-order valence-corrected chi connectivity index (χ3v) is 2.87. The zero-order valence-electron chi connectivity index (χ0n) is 9.12. The largest absolute Gasteiger partial charge is 0.308 e. The molecule has 0 saturated heterocycles. The maximum atomic E-state index is 13.1. The predicted octanol–water partition coefficient (Wildman–Crippen LogP) is 1.98. The molecule has 1 fully saturated rings. The number of nitrogens with two attached hydrogens (primary N) is 1. The van der Waals surface area contributed by atoms with E-state index in [9.17, 15) is 4.39 Å². The molecule has 16 heavy (non-hydrogen) atoms. The molecule has 0 aromatic heterocycles. The fourth-order valence-corrected chi connectivity index (χ4v) is 2.05. The molecule has 0 amide bonds. The lowest BCUT2D eigenvalue weighted by Crippen LogP contribution is -2.32. The summed E-state index contributed by atoms with van der Waals surface area (Å²) in [5, 5.41) is 0. The SMILES string of the molecule is NNC(=NC1CCCC1)c1cccc(F)c1. The minimum absolute atomic E-state index is 0.271. The topological polar surface area (TPSA) is 50.4 Å². The molecule has 0 aliphatic heterocycles. The maximum absolute atomic E-state index is 13.1. The molecule has 0 bridgehead atoms. The molecule has 3 nitrogen and oxygen atoms in total. The third-order valence-electron chi connectivity index (χ3n) is 2.87. The molecule has 0 spiro atoms. The van der Waals surface area contributed by atoms with Crippen LogP contribution in [0.1, 0.15) is 31.2 Å². The fourth-order valence-electron chi connectivity index (χ4n) is 2.05. The Bertz CT molecular complexity index is 384. The van der Waals surface area contributed by atoms with Crippen LogP contribution < -0.4 is 11.3 Å². The second kappa shape index (κ2) is 5.07. The number of hydrogen-bond donors (Lipinski definition) is 2. The van der Waals surface area contributed by atoms with Gasteiger partial charge in [-0.3, -0.25) is 4.99 Å². The van der Waals surface area contributed by atoms with E-state index in [1.165, 1.54) is 25.0 Å². The molecule has 1 saturated carbocycles. The first kappa shape index (κ1) is 11.1. The number of amidine groups is 1. The Kier molecular flexibility index (Phi) is 3.51. The van der Waals surface area contributed by atoms with E-state index in [2.05, 4.69) is 10.4 Å². The summed E-state index contributed by atoms with van der Waals surface area (Å²) >= 11 is 0. The van der Waals surface area contributed by atoms with Gasteiger partial charge < -0.3 is 5.43 Å². The van der Waals surface area contributed by atoms with E-state index < -0.39 is 0 Å². The number of nitrogens with one attached hydrogen (secondary N) is 1. The van der Waals surface area contributed by atoms with Gasteiger partial charge in [-0.25, -0.2) is 10.2 Å². The van der Waals surface area contributed by atoms with Gasteiger partial charge in [0.25, 0.3) is 0 Å². The number of halogens is 1. The highest BCUT2D eigenvalue weighted by atomic mass is 19.1. The molecule has 1 aliphatic rings. The Morgan fingerprint density at radius 2 is 2.12 bits per heavy atom. The number of rotatable bonds is 2. The van der Waals surface area contributed by atoms with Gasteiger partial charge in [-0.05, 0) is 25.0 Å². The summed E-state index contributed by atoms with van der Waals surface area (Å²) in [6.07, 6.45) is 4.63. The first-order valence-electron chi connectivity index (χ1n) is 5.60. The van der Waals surface area contributed by atoms with Crippen LogP contribution in [0, 0.1) is 5.82 Å². The van der Waals surface area contributed by atoms with Crippen molar-refractivity contribution in [3.63, 3.8) is 0 Å². The molecule has 2 rings (SSSR count). The van der Waals surface area contributed by atoms with Crippen LogP contribution in [0.3, 0.4) is 0 Å². The van der Waals surface area contributed by atoms with Crippen molar-refractivity contribution >= 4 is 5.84 Å². The number of hydrogen-bond acceptors (Lipinski definition) is 2. The summed E-state index contributed by atoms with van der Waals surface area (Å²) in [5.74, 6) is 5.73. The quantitative estimate of drug-likeness (QED) is 0.347. The summed E-state index contributed by atoms with van der Waals surface area (Å²) in [5.41, 5.74) is 3.26. The molecule has 0 atom stereocenters. The lowest BCUT2D eigenvalue weighted by Gasteiger charge is -2.09. The lowest BCUT2D eigenvalue weighted by molar-refractivity contribution is 0.627. The molecule has 1 aliphatic carbocycles. The van der Waals surface area contributed by atoms with Crippen LogP contribution in [0.25, 0.3) is 0 Å².